The van der Waals surface area contributed by atoms with E-state index in [4.69, 9.17) is 19.4 Å². The van der Waals surface area contributed by atoms with Crippen LogP contribution < -0.4 is 0 Å². The van der Waals surface area contributed by atoms with Gasteiger partial charge in [-0.15, -0.1) is 0 Å². The average Bonchev–Trinajstić information content (AvgIpc) is 4.15. The lowest BCUT2D eigenvalue weighted by Gasteiger charge is -2.31. The summed E-state index contributed by atoms with van der Waals surface area (Å²) in [5.74, 6) is 1.78. The minimum Gasteiger partial charge on any atom is -0.454 e. The number of aromatic nitrogens is 4. The van der Waals surface area contributed by atoms with Gasteiger partial charge in [-0.2, -0.15) is 0 Å². The highest BCUT2D eigenvalue weighted by Crippen LogP contribution is 2.64. The summed E-state index contributed by atoms with van der Waals surface area (Å²) in [7, 11) is 0. The molecule has 1 spiro atoms. The molecular formula is C64H38N4O. The van der Waals surface area contributed by atoms with Crippen molar-refractivity contribution in [2.75, 3.05) is 0 Å². The molecule has 0 atom stereocenters. The Morgan fingerprint density at radius 2 is 0.884 bits per heavy atom. The number of hydrogen-bond donors (Lipinski definition) is 0. The Kier molecular flexibility index (Phi) is 7.93. The lowest BCUT2D eigenvalue weighted by molar-refractivity contribution is 0.666. The van der Waals surface area contributed by atoms with Crippen molar-refractivity contribution < 1.29 is 4.42 Å². The number of fused-ring (bicyclic) bond motifs is 17. The van der Waals surface area contributed by atoms with Crippen LogP contribution in [0.15, 0.2) is 235 Å². The van der Waals surface area contributed by atoms with E-state index in [2.05, 4.69) is 205 Å². The molecule has 3 aromatic heterocycles. The molecule has 69 heavy (non-hydrogen) atoms. The van der Waals surface area contributed by atoms with Crippen LogP contribution in [0.1, 0.15) is 22.3 Å². The zero-order chi connectivity index (χ0) is 45.2. The van der Waals surface area contributed by atoms with Gasteiger partial charge >= 0.3 is 0 Å². The summed E-state index contributed by atoms with van der Waals surface area (Å²) in [6.07, 6.45) is 0. The zero-order valence-electron chi connectivity index (χ0n) is 37.1. The van der Waals surface area contributed by atoms with Gasteiger partial charge in [-0.1, -0.05) is 194 Å². The molecule has 5 heteroatoms. The first-order valence-corrected chi connectivity index (χ1v) is 23.5. The van der Waals surface area contributed by atoms with Gasteiger partial charge in [-0.05, 0) is 92.0 Å². The van der Waals surface area contributed by atoms with Crippen molar-refractivity contribution in [2.24, 2.45) is 0 Å². The predicted octanol–water partition coefficient (Wildman–Crippen LogP) is 15.9. The standard InChI is InChI=1S/C64H38N4O/c1-3-18-39(19-4-1)41-22-17-23-42(38-41)62-65-61(40-20-5-2-6-21-40)66-63(67-62)49-35-37-55(60-57(49)48-28-11-16-33-56(48)69-60)68-53-32-15-10-27-47(53)58-54(68)36-34-46-45-26-9-14-31-52(45)64(59(46)58)50-29-12-7-24-43(50)44-25-8-13-30-51(44)64/h1-38H. The molecule has 5 nitrogen and oxygen atoms in total. The number of nitrogens with zero attached hydrogens (tertiary/aromatic N) is 4. The van der Waals surface area contributed by atoms with Crippen molar-refractivity contribution in [3.05, 3.63) is 253 Å². The van der Waals surface area contributed by atoms with E-state index in [9.17, 15) is 0 Å². The summed E-state index contributed by atoms with van der Waals surface area (Å²) < 4.78 is 9.52. The van der Waals surface area contributed by atoms with Crippen molar-refractivity contribution in [3.63, 3.8) is 0 Å². The minimum absolute atomic E-state index is 0.514. The fourth-order valence-electron chi connectivity index (χ4n) is 11.9. The molecule has 3 heterocycles. The molecule has 0 N–H and O–H groups in total. The maximum absolute atomic E-state index is 7.10. The van der Waals surface area contributed by atoms with Gasteiger partial charge in [-0.25, -0.2) is 15.0 Å². The van der Waals surface area contributed by atoms with E-state index >= 15 is 0 Å². The van der Waals surface area contributed by atoms with Crippen molar-refractivity contribution in [2.45, 2.75) is 5.41 Å². The van der Waals surface area contributed by atoms with Gasteiger partial charge in [0.25, 0.3) is 0 Å². The predicted molar refractivity (Wildman–Crippen MR) is 279 cm³/mol. The molecule has 15 rings (SSSR count). The molecule has 0 saturated heterocycles. The highest BCUT2D eigenvalue weighted by molar-refractivity contribution is 6.19. The van der Waals surface area contributed by atoms with Crippen molar-refractivity contribution in [3.8, 4) is 73.2 Å². The van der Waals surface area contributed by atoms with E-state index in [0.717, 1.165) is 66.5 Å². The largest absolute Gasteiger partial charge is 0.454 e. The molecular weight excluding hydrogens is 841 g/mol. The first-order chi connectivity index (χ1) is 34.2. The van der Waals surface area contributed by atoms with E-state index < -0.39 is 5.41 Å². The lowest BCUT2D eigenvalue weighted by Crippen LogP contribution is -2.26. The molecule has 10 aromatic carbocycles. The topological polar surface area (TPSA) is 56.7 Å². The lowest BCUT2D eigenvalue weighted by atomic mass is 9.69. The molecule has 13 aromatic rings. The highest BCUT2D eigenvalue weighted by Gasteiger charge is 2.52. The molecule has 320 valence electrons. The number of para-hydroxylation sites is 2. The van der Waals surface area contributed by atoms with E-state index in [1.807, 2.05) is 30.3 Å². The Morgan fingerprint density at radius 3 is 1.61 bits per heavy atom. The quantitative estimate of drug-likeness (QED) is 0.173. The van der Waals surface area contributed by atoms with Crippen molar-refractivity contribution in [1.29, 1.82) is 0 Å². The second kappa shape index (κ2) is 14.4. The molecule has 0 saturated carbocycles. The summed E-state index contributed by atoms with van der Waals surface area (Å²) in [6, 6.07) is 82.4. The van der Waals surface area contributed by atoms with Crippen LogP contribution in [0.4, 0.5) is 0 Å². The van der Waals surface area contributed by atoms with Crippen LogP contribution in [-0.4, -0.2) is 19.5 Å². The second-order valence-electron chi connectivity index (χ2n) is 18.2. The SMILES string of the molecule is c1ccc(-c2cccc(-c3nc(-c4ccccc4)nc(-c4ccc(-n5c6ccccc6c6c7c(ccc65)-c5ccccc5C75c6ccccc6-c6ccccc65)c5oc6ccccc6c45)n3)c2)cc1. The van der Waals surface area contributed by atoms with Gasteiger partial charge < -0.3 is 8.98 Å². The molecule has 0 radical (unpaired) electrons. The number of furan rings is 1. The summed E-state index contributed by atoms with van der Waals surface area (Å²) in [4.78, 5) is 15.7. The third-order valence-corrected chi connectivity index (χ3v) is 14.7. The molecule has 0 aliphatic heterocycles. The van der Waals surface area contributed by atoms with Crippen molar-refractivity contribution >= 4 is 43.7 Å². The van der Waals surface area contributed by atoms with Crippen LogP contribution in [0.2, 0.25) is 0 Å². The van der Waals surface area contributed by atoms with Crippen LogP contribution in [0.5, 0.6) is 0 Å². The Bertz CT molecular complexity index is 4200. The summed E-state index contributed by atoms with van der Waals surface area (Å²) in [5, 5.41) is 4.38. The Balaban J connectivity index is 1.01. The smallest absolute Gasteiger partial charge is 0.164 e. The number of benzene rings is 10. The Labute approximate surface area is 397 Å². The van der Waals surface area contributed by atoms with Crippen LogP contribution in [0.25, 0.3) is 117 Å². The molecule has 0 bridgehead atoms. The zero-order valence-corrected chi connectivity index (χ0v) is 37.1. The summed E-state index contributed by atoms with van der Waals surface area (Å²) in [5.41, 5.74) is 19.6. The maximum atomic E-state index is 7.10. The minimum atomic E-state index is -0.514. The van der Waals surface area contributed by atoms with E-state index in [-0.39, 0.29) is 0 Å². The Hall–Kier alpha value is -9.19. The van der Waals surface area contributed by atoms with Gasteiger partial charge in [-0.3, -0.25) is 0 Å². The Morgan fingerprint density at radius 1 is 0.348 bits per heavy atom. The summed E-state index contributed by atoms with van der Waals surface area (Å²) >= 11 is 0. The molecule has 2 aliphatic carbocycles. The van der Waals surface area contributed by atoms with Gasteiger partial charge in [0.05, 0.1) is 22.1 Å². The molecule has 2 aliphatic rings. The van der Waals surface area contributed by atoms with Gasteiger partial charge in [0.1, 0.15) is 5.58 Å². The van der Waals surface area contributed by atoms with Gasteiger partial charge in [0.15, 0.2) is 23.1 Å². The fourth-order valence-corrected chi connectivity index (χ4v) is 11.9. The van der Waals surface area contributed by atoms with Crippen molar-refractivity contribution in [1.82, 2.24) is 19.5 Å². The van der Waals surface area contributed by atoms with Crippen LogP contribution >= 0.6 is 0 Å². The van der Waals surface area contributed by atoms with E-state index in [0.29, 0.717) is 17.5 Å². The third-order valence-electron chi connectivity index (χ3n) is 14.7. The summed E-state index contributed by atoms with van der Waals surface area (Å²) in [6.45, 7) is 0. The normalized spacial score (nSPS) is 13.0. The average molecular weight is 879 g/mol. The van der Waals surface area contributed by atoms with Crippen LogP contribution in [0, 0.1) is 0 Å². The second-order valence-corrected chi connectivity index (χ2v) is 18.2. The third kappa shape index (κ3) is 5.27. The van der Waals surface area contributed by atoms with Gasteiger partial charge in [0, 0.05) is 38.2 Å². The number of hydrogen-bond acceptors (Lipinski definition) is 4. The first-order valence-electron chi connectivity index (χ1n) is 23.5. The first kappa shape index (κ1) is 38.0. The van der Waals surface area contributed by atoms with Gasteiger partial charge in [0.2, 0.25) is 0 Å². The highest BCUT2D eigenvalue weighted by atomic mass is 16.3. The fraction of sp³-hybridized carbons (Fsp3) is 0.0156. The monoisotopic (exact) mass is 878 g/mol. The molecule has 0 fully saturated rings. The maximum Gasteiger partial charge on any atom is 0.164 e. The van der Waals surface area contributed by atoms with E-state index in [1.165, 1.54) is 55.3 Å². The van der Waals surface area contributed by atoms with Crippen LogP contribution in [0.3, 0.4) is 0 Å². The van der Waals surface area contributed by atoms with E-state index in [1.54, 1.807) is 0 Å². The molecule has 0 unspecified atom stereocenters. The number of rotatable bonds is 5. The van der Waals surface area contributed by atoms with Crippen LogP contribution in [-0.2, 0) is 5.41 Å². The molecule has 0 amide bonds.